The molecule has 0 saturated carbocycles. The number of urea groups is 1. The number of sulfonamides is 1. The van der Waals surface area contributed by atoms with E-state index in [9.17, 15) is 13.2 Å². The molecule has 9 heteroatoms. The molecule has 7 nitrogen and oxygen atoms in total. The van der Waals surface area contributed by atoms with Crippen LogP contribution in [-0.4, -0.2) is 26.0 Å². The molecule has 2 aromatic rings. The number of carbonyl (C=O) groups excluding carboxylic acids is 1. The molecule has 1 aromatic heterocycles. The lowest BCUT2D eigenvalue weighted by Gasteiger charge is -2.13. The van der Waals surface area contributed by atoms with E-state index in [2.05, 4.69) is 15.6 Å². The summed E-state index contributed by atoms with van der Waals surface area (Å²) in [7, 11) is -4.07. The predicted octanol–water partition coefficient (Wildman–Crippen LogP) is 2.88. The Morgan fingerprint density at radius 2 is 2.08 bits per heavy atom. The number of pyridine rings is 1. The Labute approximate surface area is 145 Å². The number of rotatable bonds is 6. The molecule has 0 aliphatic heterocycles. The van der Waals surface area contributed by atoms with E-state index in [4.69, 9.17) is 11.6 Å². The van der Waals surface area contributed by atoms with Gasteiger partial charge in [-0.05, 0) is 30.7 Å². The molecule has 2 rings (SSSR count). The van der Waals surface area contributed by atoms with E-state index in [0.717, 1.165) is 0 Å². The van der Waals surface area contributed by atoms with Crippen LogP contribution in [0.15, 0.2) is 47.6 Å². The van der Waals surface area contributed by atoms with Crippen molar-refractivity contribution in [2.45, 2.75) is 18.2 Å². The van der Waals surface area contributed by atoms with Crippen LogP contribution in [0.25, 0.3) is 0 Å². The van der Waals surface area contributed by atoms with Gasteiger partial charge in [-0.2, -0.15) is 0 Å². The fourth-order valence-electron chi connectivity index (χ4n) is 1.87. The number of anilines is 2. The number of hydrogen-bond donors (Lipinski definition) is 3. The van der Waals surface area contributed by atoms with Crippen molar-refractivity contribution in [2.75, 3.05) is 11.9 Å². The highest BCUT2D eigenvalue weighted by Gasteiger charge is 2.21. The number of aromatic nitrogens is 1. The molecule has 128 valence electrons. The number of amides is 2. The summed E-state index contributed by atoms with van der Waals surface area (Å²) in [6, 6.07) is 7.55. The molecule has 24 heavy (non-hydrogen) atoms. The van der Waals surface area contributed by atoms with Crippen LogP contribution < -0.4 is 15.4 Å². The van der Waals surface area contributed by atoms with Crippen molar-refractivity contribution >= 4 is 39.0 Å². The Morgan fingerprint density at radius 1 is 1.29 bits per heavy atom. The Kier molecular flexibility index (Phi) is 5.99. The average Bonchev–Trinajstić information content (AvgIpc) is 2.53. The van der Waals surface area contributed by atoms with Gasteiger partial charge in [0.2, 0.25) is 0 Å². The number of hydrogen-bond acceptors (Lipinski definition) is 5. The molecule has 0 aliphatic rings. The minimum absolute atomic E-state index is 0.142. The summed E-state index contributed by atoms with van der Waals surface area (Å²) in [6.45, 7) is 2.24. The van der Waals surface area contributed by atoms with Gasteiger partial charge in [-0.3, -0.25) is 4.98 Å². The van der Waals surface area contributed by atoms with Gasteiger partial charge in [-0.1, -0.05) is 24.6 Å². The van der Waals surface area contributed by atoms with Crippen molar-refractivity contribution in [3.8, 4) is 0 Å². The van der Waals surface area contributed by atoms with Gasteiger partial charge in [0.25, 0.3) is 10.0 Å². The SMILES string of the molecule is CCCNC(=O)NS(=O)(=O)c1cnccc1Nc1cccc(Cl)c1. The number of carbonyl (C=O) groups is 1. The number of nitrogens with one attached hydrogen (secondary N) is 3. The maximum atomic E-state index is 12.4. The lowest BCUT2D eigenvalue weighted by Crippen LogP contribution is -2.39. The standard InChI is InChI=1S/C15H17ClN4O3S/c1-2-7-18-15(21)20-24(22,23)14-10-17-8-6-13(14)19-12-5-3-4-11(16)9-12/h3-6,8-10H,2,7H2,1H3,(H,17,19)(H2,18,20,21). The molecule has 0 bridgehead atoms. The van der Waals surface area contributed by atoms with Gasteiger partial charge in [-0.25, -0.2) is 17.9 Å². The highest BCUT2D eigenvalue weighted by atomic mass is 35.5. The summed E-state index contributed by atoms with van der Waals surface area (Å²) in [5, 5.41) is 5.92. The molecule has 0 spiro atoms. The van der Waals surface area contributed by atoms with E-state index in [1.54, 1.807) is 24.3 Å². The fourth-order valence-corrected chi connectivity index (χ4v) is 3.10. The molecule has 0 fully saturated rings. The zero-order chi connectivity index (χ0) is 17.6. The summed E-state index contributed by atoms with van der Waals surface area (Å²) < 4.78 is 26.8. The van der Waals surface area contributed by atoms with Gasteiger partial charge in [-0.15, -0.1) is 0 Å². The summed E-state index contributed by atoms with van der Waals surface area (Å²) in [5.41, 5.74) is 0.892. The van der Waals surface area contributed by atoms with E-state index in [1.807, 2.05) is 11.6 Å². The summed E-state index contributed by atoms with van der Waals surface area (Å²) in [6.07, 6.45) is 3.31. The molecule has 0 atom stereocenters. The normalized spacial score (nSPS) is 10.9. The second-order valence-corrected chi connectivity index (χ2v) is 6.96. The van der Waals surface area contributed by atoms with Crippen molar-refractivity contribution in [1.82, 2.24) is 15.0 Å². The van der Waals surface area contributed by atoms with Crippen LogP contribution in [0, 0.1) is 0 Å². The van der Waals surface area contributed by atoms with Gasteiger partial charge >= 0.3 is 6.03 Å². The highest BCUT2D eigenvalue weighted by Crippen LogP contribution is 2.25. The first-order valence-electron chi connectivity index (χ1n) is 7.19. The predicted molar refractivity (Wildman–Crippen MR) is 93.0 cm³/mol. The van der Waals surface area contributed by atoms with Gasteiger partial charge in [0, 0.05) is 29.6 Å². The summed E-state index contributed by atoms with van der Waals surface area (Å²) in [4.78, 5) is 15.3. The fraction of sp³-hybridized carbons (Fsp3) is 0.200. The Hall–Kier alpha value is -2.32. The molecule has 0 radical (unpaired) electrons. The molecule has 2 amide bonds. The van der Waals surface area contributed by atoms with Crippen LogP contribution in [0.2, 0.25) is 5.02 Å². The lowest BCUT2D eigenvalue weighted by molar-refractivity contribution is 0.246. The Balaban J connectivity index is 2.26. The molecule has 1 heterocycles. The third-order valence-electron chi connectivity index (χ3n) is 2.94. The molecule has 1 aromatic carbocycles. The second kappa shape index (κ2) is 7.98. The quantitative estimate of drug-likeness (QED) is 0.727. The number of nitrogens with zero attached hydrogens (tertiary/aromatic N) is 1. The van der Waals surface area contributed by atoms with Crippen LogP contribution in [0.5, 0.6) is 0 Å². The third kappa shape index (κ3) is 4.84. The van der Waals surface area contributed by atoms with Crippen LogP contribution in [0.4, 0.5) is 16.2 Å². The largest absolute Gasteiger partial charge is 0.354 e. The van der Waals surface area contributed by atoms with Crippen LogP contribution in [-0.2, 0) is 10.0 Å². The minimum Gasteiger partial charge on any atom is -0.354 e. The zero-order valence-corrected chi connectivity index (χ0v) is 14.5. The monoisotopic (exact) mass is 368 g/mol. The van der Waals surface area contributed by atoms with Gasteiger partial charge in [0.05, 0.1) is 5.69 Å². The molecule has 0 saturated heterocycles. The molecule has 3 N–H and O–H groups in total. The first-order valence-corrected chi connectivity index (χ1v) is 9.05. The third-order valence-corrected chi connectivity index (χ3v) is 4.53. The van der Waals surface area contributed by atoms with Crippen molar-refractivity contribution in [1.29, 1.82) is 0 Å². The molecule has 0 unspecified atom stereocenters. The number of halogens is 1. The first kappa shape index (κ1) is 18.0. The number of benzene rings is 1. The summed E-state index contributed by atoms with van der Waals surface area (Å²) in [5.74, 6) is 0. The van der Waals surface area contributed by atoms with Crippen LogP contribution in [0.3, 0.4) is 0 Å². The smallest absolute Gasteiger partial charge is 0.328 e. The molecule has 0 aliphatic carbocycles. The van der Waals surface area contributed by atoms with E-state index in [1.165, 1.54) is 18.5 Å². The van der Waals surface area contributed by atoms with Crippen molar-refractivity contribution < 1.29 is 13.2 Å². The average molecular weight is 369 g/mol. The molecular formula is C15H17ClN4O3S. The summed E-state index contributed by atoms with van der Waals surface area (Å²) >= 11 is 5.92. The lowest BCUT2D eigenvalue weighted by atomic mass is 10.3. The van der Waals surface area contributed by atoms with Crippen LogP contribution >= 0.6 is 11.6 Å². The zero-order valence-electron chi connectivity index (χ0n) is 12.9. The first-order chi connectivity index (χ1) is 11.4. The van der Waals surface area contributed by atoms with E-state index < -0.39 is 16.1 Å². The van der Waals surface area contributed by atoms with Crippen LogP contribution in [0.1, 0.15) is 13.3 Å². The maximum Gasteiger partial charge on any atom is 0.328 e. The topological polar surface area (TPSA) is 100 Å². The van der Waals surface area contributed by atoms with E-state index in [0.29, 0.717) is 23.7 Å². The maximum absolute atomic E-state index is 12.4. The van der Waals surface area contributed by atoms with Crippen molar-refractivity contribution in [2.24, 2.45) is 0 Å². The van der Waals surface area contributed by atoms with Gasteiger partial charge < -0.3 is 10.6 Å². The van der Waals surface area contributed by atoms with E-state index in [-0.39, 0.29) is 10.6 Å². The highest BCUT2D eigenvalue weighted by molar-refractivity contribution is 7.90. The van der Waals surface area contributed by atoms with Gasteiger partial charge in [0.15, 0.2) is 0 Å². The second-order valence-electron chi connectivity index (χ2n) is 4.87. The molecular weight excluding hydrogens is 352 g/mol. The van der Waals surface area contributed by atoms with Crippen molar-refractivity contribution in [3.63, 3.8) is 0 Å². The van der Waals surface area contributed by atoms with E-state index >= 15 is 0 Å². The van der Waals surface area contributed by atoms with Crippen molar-refractivity contribution in [3.05, 3.63) is 47.7 Å². The Morgan fingerprint density at radius 3 is 2.79 bits per heavy atom. The minimum atomic E-state index is -4.07. The van der Waals surface area contributed by atoms with Gasteiger partial charge in [0.1, 0.15) is 4.90 Å². The Bertz CT molecular complexity index is 827.